The number of hydrogen-bond acceptors (Lipinski definition) is 4. The summed E-state index contributed by atoms with van der Waals surface area (Å²) in [6.07, 6.45) is 2.55. The molecule has 4 heteroatoms. The summed E-state index contributed by atoms with van der Waals surface area (Å²) in [5, 5.41) is 0. The van der Waals surface area contributed by atoms with Gasteiger partial charge in [-0.1, -0.05) is 0 Å². The van der Waals surface area contributed by atoms with E-state index in [4.69, 9.17) is 0 Å². The minimum atomic E-state index is 0.949. The van der Waals surface area contributed by atoms with Crippen LogP contribution in [0.3, 0.4) is 0 Å². The molecular weight excluding hydrogens is 236 g/mol. The second-order valence-corrected chi connectivity index (χ2v) is 4.91. The van der Waals surface area contributed by atoms with Crippen molar-refractivity contribution in [2.45, 2.75) is 26.7 Å². The highest BCUT2D eigenvalue weighted by Crippen LogP contribution is 2.22. The van der Waals surface area contributed by atoms with Crippen LogP contribution in [0.2, 0.25) is 0 Å². The van der Waals surface area contributed by atoms with Crippen molar-refractivity contribution in [3.05, 3.63) is 23.5 Å². The van der Waals surface area contributed by atoms with Crippen LogP contribution in [0.4, 0.5) is 5.69 Å². The number of rotatable bonds is 3. The van der Waals surface area contributed by atoms with Gasteiger partial charge in [0, 0.05) is 32.9 Å². The third kappa shape index (κ3) is 3.00. The zero-order valence-corrected chi connectivity index (χ0v) is 12.3. The predicted octanol–water partition coefficient (Wildman–Crippen LogP) is 2.56. The summed E-state index contributed by atoms with van der Waals surface area (Å²) in [5.41, 5.74) is 5.07. The van der Waals surface area contributed by atoms with Crippen LogP contribution in [0.1, 0.15) is 38.1 Å². The number of nitrogens with zero attached hydrogens (tertiary/aromatic N) is 4. The first-order valence-electron chi connectivity index (χ1n) is 6.80. The molecule has 2 rings (SSSR count). The summed E-state index contributed by atoms with van der Waals surface area (Å²) in [7, 11) is 3.61. The Kier molecular flexibility index (Phi) is 4.30. The van der Waals surface area contributed by atoms with Crippen LogP contribution in [0.15, 0.2) is 22.1 Å². The van der Waals surface area contributed by atoms with Gasteiger partial charge in [0.25, 0.3) is 0 Å². The van der Waals surface area contributed by atoms with Gasteiger partial charge in [-0.3, -0.25) is 9.98 Å². The van der Waals surface area contributed by atoms with Crippen LogP contribution >= 0.6 is 0 Å². The molecule has 0 bridgehead atoms. The minimum Gasteiger partial charge on any atom is -0.371 e. The maximum Gasteiger partial charge on any atom is 0.0865 e. The van der Waals surface area contributed by atoms with E-state index in [0.29, 0.717) is 0 Å². The van der Waals surface area contributed by atoms with Crippen molar-refractivity contribution >= 4 is 17.1 Å². The molecule has 0 unspecified atom stereocenters. The predicted molar refractivity (Wildman–Crippen MR) is 82.0 cm³/mol. The maximum atomic E-state index is 4.66. The summed E-state index contributed by atoms with van der Waals surface area (Å²) in [6.45, 7) is 6.26. The number of aromatic nitrogens is 1. The highest BCUT2D eigenvalue weighted by atomic mass is 15.1. The quantitative estimate of drug-likeness (QED) is 0.782. The van der Waals surface area contributed by atoms with E-state index in [0.717, 1.165) is 35.9 Å². The third-order valence-electron chi connectivity index (χ3n) is 3.69. The Labute approximate surface area is 115 Å². The van der Waals surface area contributed by atoms with Crippen molar-refractivity contribution in [1.82, 2.24) is 4.98 Å². The van der Waals surface area contributed by atoms with Crippen molar-refractivity contribution in [3.8, 4) is 0 Å². The van der Waals surface area contributed by atoms with E-state index in [1.54, 1.807) is 14.1 Å². The summed E-state index contributed by atoms with van der Waals surface area (Å²) in [6, 6.07) is 4.28. The van der Waals surface area contributed by atoms with Gasteiger partial charge in [0.15, 0.2) is 0 Å². The molecule has 0 amide bonds. The Hall–Kier alpha value is -1.71. The standard InChI is InChI=1S/C15H22N4/c1-11(16-3)14-9-13(19-7-5-6-8-19)10-15(18-14)12(2)17-4/h9-10H,5-8H2,1-4H3/b16-11+,17-12+. The zero-order chi connectivity index (χ0) is 13.8. The Morgan fingerprint density at radius 3 is 1.89 bits per heavy atom. The van der Waals surface area contributed by atoms with Crippen LogP contribution in [0.5, 0.6) is 0 Å². The molecule has 0 spiro atoms. The Balaban J connectivity index is 2.47. The first kappa shape index (κ1) is 13.7. The lowest BCUT2D eigenvalue weighted by Gasteiger charge is -2.19. The molecule has 102 valence electrons. The molecule has 0 radical (unpaired) electrons. The van der Waals surface area contributed by atoms with E-state index in [-0.39, 0.29) is 0 Å². The summed E-state index contributed by atoms with van der Waals surface area (Å²) in [5.74, 6) is 0. The monoisotopic (exact) mass is 258 g/mol. The van der Waals surface area contributed by atoms with Gasteiger partial charge in [-0.05, 0) is 38.8 Å². The molecule has 1 aliphatic rings. The van der Waals surface area contributed by atoms with Gasteiger partial charge in [-0.15, -0.1) is 0 Å². The van der Waals surface area contributed by atoms with Gasteiger partial charge in [0.2, 0.25) is 0 Å². The Morgan fingerprint density at radius 1 is 1.00 bits per heavy atom. The van der Waals surface area contributed by atoms with Crippen LogP contribution in [0.25, 0.3) is 0 Å². The Bertz CT molecular complexity index is 475. The van der Waals surface area contributed by atoms with Crippen LogP contribution < -0.4 is 4.90 Å². The highest BCUT2D eigenvalue weighted by Gasteiger charge is 2.15. The fourth-order valence-electron chi connectivity index (χ4n) is 2.27. The van der Waals surface area contributed by atoms with Crippen molar-refractivity contribution < 1.29 is 0 Å². The summed E-state index contributed by atoms with van der Waals surface area (Å²) in [4.78, 5) is 15.6. The SMILES string of the molecule is C/N=C(\C)c1cc(N2CCCC2)cc(/C(C)=N/C)n1. The van der Waals surface area contributed by atoms with E-state index in [2.05, 4.69) is 32.0 Å². The average Bonchev–Trinajstić information content (AvgIpc) is 2.99. The third-order valence-corrected chi connectivity index (χ3v) is 3.69. The molecule has 0 atom stereocenters. The molecular formula is C15H22N4. The fraction of sp³-hybridized carbons (Fsp3) is 0.533. The molecule has 1 aromatic heterocycles. The second-order valence-electron chi connectivity index (χ2n) is 4.91. The van der Waals surface area contributed by atoms with Crippen molar-refractivity contribution in [3.63, 3.8) is 0 Å². The molecule has 0 saturated carbocycles. The largest absolute Gasteiger partial charge is 0.371 e. The average molecular weight is 258 g/mol. The van der Waals surface area contributed by atoms with Gasteiger partial charge in [0.1, 0.15) is 0 Å². The van der Waals surface area contributed by atoms with Gasteiger partial charge in [-0.2, -0.15) is 0 Å². The molecule has 1 aromatic rings. The molecule has 2 heterocycles. The Morgan fingerprint density at radius 2 is 1.47 bits per heavy atom. The molecule has 0 N–H and O–H groups in total. The number of hydrogen-bond donors (Lipinski definition) is 0. The van der Waals surface area contributed by atoms with Gasteiger partial charge < -0.3 is 4.90 Å². The summed E-state index contributed by atoms with van der Waals surface area (Å²) >= 11 is 0. The van der Waals surface area contributed by atoms with E-state index < -0.39 is 0 Å². The topological polar surface area (TPSA) is 40.9 Å². The van der Waals surface area contributed by atoms with Crippen molar-refractivity contribution in [2.24, 2.45) is 9.98 Å². The number of pyridine rings is 1. The summed E-state index contributed by atoms with van der Waals surface area (Å²) < 4.78 is 0. The van der Waals surface area contributed by atoms with E-state index in [1.807, 2.05) is 13.8 Å². The normalized spacial score (nSPS) is 17.2. The van der Waals surface area contributed by atoms with Gasteiger partial charge >= 0.3 is 0 Å². The lowest BCUT2D eigenvalue weighted by atomic mass is 10.1. The molecule has 0 aromatic carbocycles. The highest BCUT2D eigenvalue weighted by molar-refractivity contribution is 6.01. The first-order chi connectivity index (χ1) is 9.15. The lowest BCUT2D eigenvalue weighted by molar-refractivity contribution is 0.949. The first-order valence-corrected chi connectivity index (χ1v) is 6.80. The zero-order valence-electron chi connectivity index (χ0n) is 12.3. The molecule has 1 fully saturated rings. The molecule has 19 heavy (non-hydrogen) atoms. The number of anilines is 1. The van der Waals surface area contributed by atoms with Crippen LogP contribution in [-0.2, 0) is 0 Å². The number of aliphatic imine (C=N–C) groups is 2. The maximum absolute atomic E-state index is 4.66. The van der Waals surface area contributed by atoms with Crippen LogP contribution in [0, 0.1) is 0 Å². The van der Waals surface area contributed by atoms with Crippen LogP contribution in [-0.4, -0.2) is 43.6 Å². The molecule has 1 saturated heterocycles. The lowest BCUT2D eigenvalue weighted by Crippen LogP contribution is -2.19. The fourth-order valence-corrected chi connectivity index (χ4v) is 2.27. The van der Waals surface area contributed by atoms with Gasteiger partial charge in [-0.25, -0.2) is 4.98 Å². The van der Waals surface area contributed by atoms with E-state index in [1.165, 1.54) is 18.5 Å². The van der Waals surface area contributed by atoms with E-state index in [9.17, 15) is 0 Å². The molecule has 0 aliphatic carbocycles. The molecule has 1 aliphatic heterocycles. The van der Waals surface area contributed by atoms with Crippen molar-refractivity contribution in [2.75, 3.05) is 32.1 Å². The van der Waals surface area contributed by atoms with Crippen molar-refractivity contribution in [1.29, 1.82) is 0 Å². The smallest absolute Gasteiger partial charge is 0.0865 e. The minimum absolute atomic E-state index is 0.949. The van der Waals surface area contributed by atoms with E-state index >= 15 is 0 Å². The second kappa shape index (κ2) is 5.95. The molecule has 4 nitrogen and oxygen atoms in total. The van der Waals surface area contributed by atoms with Gasteiger partial charge in [0.05, 0.1) is 22.8 Å².